The highest BCUT2D eigenvalue weighted by molar-refractivity contribution is 5.89. The molecule has 37 heavy (non-hydrogen) atoms. The number of hydrogen-bond donors (Lipinski definition) is 0. The second kappa shape index (κ2) is 16.9. The SMILES string of the molecule is CCCCCCCCCCOc1c(OC/C=C(\C)CCC=C(C)C)c(=O)oc2c(OC(C)C)cccc12. The van der Waals surface area contributed by atoms with Crippen molar-refractivity contribution in [3.05, 3.63) is 51.9 Å². The van der Waals surface area contributed by atoms with Crippen LogP contribution in [0.2, 0.25) is 0 Å². The Morgan fingerprint density at radius 2 is 1.62 bits per heavy atom. The van der Waals surface area contributed by atoms with Gasteiger partial charge in [-0.25, -0.2) is 4.79 Å². The maximum absolute atomic E-state index is 13.0. The molecule has 2 rings (SSSR count). The first-order valence-corrected chi connectivity index (χ1v) is 14.1. The minimum absolute atomic E-state index is 0.0482. The fourth-order valence-corrected chi connectivity index (χ4v) is 4.14. The van der Waals surface area contributed by atoms with Crippen molar-refractivity contribution in [2.24, 2.45) is 0 Å². The maximum Gasteiger partial charge on any atom is 0.383 e. The van der Waals surface area contributed by atoms with E-state index < -0.39 is 5.63 Å². The molecule has 0 aliphatic heterocycles. The molecule has 0 fully saturated rings. The molecule has 0 spiro atoms. The van der Waals surface area contributed by atoms with E-state index in [-0.39, 0.29) is 18.5 Å². The summed E-state index contributed by atoms with van der Waals surface area (Å²) in [4.78, 5) is 13.0. The molecule has 0 saturated heterocycles. The van der Waals surface area contributed by atoms with E-state index in [1.807, 2.05) is 38.1 Å². The first-order chi connectivity index (χ1) is 17.8. The van der Waals surface area contributed by atoms with Crippen LogP contribution in [-0.2, 0) is 0 Å². The Hall–Kier alpha value is -2.69. The summed E-state index contributed by atoms with van der Waals surface area (Å²) in [5.74, 6) is 1.10. The molecular formula is C32H48O5. The first-order valence-electron chi connectivity index (χ1n) is 14.1. The van der Waals surface area contributed by atoms with Gasteiger partial charge in [0.05, 0.1) is 18.1 Å². The topological polar surface area (TPSA) is 57.9 Å². The summed E-state index contributed by atoms with van der Waals surface area (Å²) in [6.45, 7) is 13.2. The van der Waals surface area contributed by atoms with Crippen molar-refractivity contribution < 1.29 is 18.6 Å². The molecule has 0 N–H and O–H groups in total. The molecule has 0 aliphatic carbocycles. The number of hydrogen-bond acceptors (Lipinski definition) is 5. The van der Waals surface area contributed by atoms with Crippen molar-refractivity contribution in [2.45, 2.75) is 112 Å². The van der Waals surface area contributed by atoms with E-state index in [0.29, 0.717) is 29.1 Å². The molecule has 0 bridgehead atoms. The zero-order chi connectivity index (χ0) is 27.0. The molecule has 5 heteroatoms. The van der Waals surface area contributed by atoms with Crippen LogP contribution in [0.5, 0.6) is 17.2 Å². The second-order valence-electron chi connectivity index (χ2n) is 10.4. The second-order valence-corrected chi connectivity index (χ2v) is 10.4. The van der Waals surface area contributed by atoms with Gasteiger partial charge in [0, 0.05) is 0 Å². The molecule has 0 saturated carbocycles. The smallest absolute Gasteiger partial charge is 0.383 e. The molecule has 1 aromatic heterocycles. The Morgan fingerprint density at radius 1 is 0.919 bits per heavy atom. The van der Waals surface area contributed by atoms with Gasteiger partial charge in [0.2, 0.25) is 5.75 Å². The van der Waals surface area contributed by atoms with Crippen LogP contribution in [0.4, 0.5) is 0 Å². The highest BCUT2D eigenvalue weighted by atomic mass is 16.5. The summed E-state index contributed by atoms with van der Waals surface area (Å²) in [5.41, 5.74) is 2.38. The molecule has 0 aliphatic rings. The van der Waals surface area contributed by atoms with Gasteiger partial charge in [0.25, 0.3) is 0 Å². The number of para-hydroxylation sites is 1. The van der Waals surface area contributed by atoms with Crippen LogP contribution >= 0.6 is 0 Å². The number of benzene rings is 1. The Morgan fingerprint density at radius 3 is 2.30 bits per heavy atom. The van der Waals surface area contributed by atoms with Crippen LogP contribution in [-0.4, -0.2) is 19.3 Å². The van der Waals surface area contributed by atoms with Gasteiger partial charge in [0.1, 0.15) is 6.61 Å². The Kier molecular flexibility index (Phi) is 14.0. The number of allylic oxidation sites excluding steroid dienone is 3. The molecule has 206 valence electrons. The van der Waals surface area contributed by atoms with Crippen LogP contribution in [0.25, 0.3) is 11.0 Å². The van der Waals surface area contributed by atoms with Crippen LogP contribution < -0.4 is 19.8 Å². The number of fused-ring (bicyclic) bond motifs is 1. The van der Waals surface area contributed by atoms with E-state index in [1.54, 1.807) is 0 Å². The first kappa shape index (κ1) is 30.5. The Balaban J connectivity index is 2.16. The summed E-state index contributed by atoms with van der Waals surface area (Å²) >= 11 is 0. The van der Waals surface area contributed by atoms with Crippen molar-refractivity contribution >= 4 is 11.0 Å². The normalized spacial score (nSPS) is 11.7. The quantitative estimate of drug-likeness (QED) is 0.113. The standard InChI is InChI=1S/C32H48O5/c1-7-8-9-10-11-12-13-14-22-34-30-27-19-16-20-28(36-25(4)5)29(27)37-32(33)31(30)35-23-21-26(6)18-15-17-24(2)3/h16-17,19-21,25H,7-15,18,22-23H2,1-6H3/b26-21+. The predicted octanol–water partition coefficient (Wildman–Crippen LogP) is 9.17. The summed E-state index contributed by atoms with van der Waals surface area (Å²) in [5, 5.41) is 0.691. The monoisotopic (exact) mass is 512 g/mol. The molecule has 5 nitrogen and oxygen atoms in total. The highest BCUT2D eigenvalue weighted by Crippen LogP contribution is 2.37. The van der Waals surface area contributed by atoms with Gasteiger partial charge in [0.15, 0.2) is 17.1 Å². The van der Waals surface area contributed by atoms with E-state index in [9.17, 15) is 4.79 Å². The maximum atomic E-state index is 13.0. The van der Waals surface area contributed by atoms with E-state index in [1.165, 1.54) is 49.7 Å². The Labute approximate surface area is 223 Å². The third-order valence-corrected chi connectivity index (χ3v) is 6.17. The highest BCUT2D eigenvalue weighted by Gasteiger charge is 2.20. The van der Waals surface area contributed by atoms with Crippen molar-refractivity contribution in [3.8, 4) is 17.2 Å². The average Bonchev–Trinajstić information content (AvgIpc) is 2.84. The average molecular weight is 513 g/mol. The molecule has 1 aromatic carbocycles. The van der Waals surface area contributed by atoms with Gasteiger partial charge >= 0.3 is 5.63 Å². The van der Waals surface area contributed by atoms with Gasteiger partial charge < -0.3 is 18.6 Å². The van der Waals surface area contributed by atoms with Crippen molar-refractivity contribution in [3.63, 3.8) is 0 Å². The molecule has 0 atom stereocenters. The third kappa shape index (κ3) is 11.1. The zero-order valence-electron chi connectivity index (χ0n) is 24.0. The summed E-state index contributed by atoms with van der Waals surface area (Å²) in [7, 11) is 0. The largest absolute Gasteiger partial charge is 0.489 e. The lowest BCUT2D eigenvalue weighted by molar-refractivity contribution is 0.239. The van der Waals surface area contributed by atoms with Gasteiger partial charge in [-0.1, -0.05) is 75.2 Å². The fraction of sp³-hybridized carbons (Fsp3) is 0.594. The minimum Gasteiger partial charge on any atom is -0.489 e. The Bertz CT molecular complexity index is 1060. The van der Waals surface area contributed by atoms with E-state index in [2.05, 4.69) is 33.8 Å². The molecule has 2 aromatic rings. The van der Waals surface area contributed by atoms with Gasteiger partial charge in [-0.2, -0.15) is 0 Å². The number of unbranched alkanes of at least 4 members (excludes halogenated alkanes) is 7. The van der Waals surface area contributed by atoms with Crippen LogP contribution in [0.1, 0.15) is 106 Å². The van der Waals surface area contributed by atoms with Crippen LogP contribution in [0, 0.1) is 0 Å². The zero-order valence-corrected chi connectivity index (χ0v) is 24.0. The number of rotatable bonds is 18. The van der Waals surface area contributed by atoms with Gasteiger partial charge in [-0.15, -0.1) is 0 Å². The van der Waals surface area contributed by atoms with Crippen molar-refractivity contribution in [1.82, 2.24) is 0 Å². The minimum atomic E-state index is -0.547. The molecule has 0 radical (unpaired) electrons. The molecule has 1 heterocycles. The van der Waals surface area contributed by atoms with Crippen LogP contribution in [0.15, 0.2) is 50.7 Å². The number of ether oxygens (including phenoxy) is 3. The molecular weight excluding hydrogens is 464 g/mol. The molecule has 0 unspecified atom stereocenters. The lowest BCUT2D eigenvalue weighted by Crippen LogP contribution is -2.12. The molecule has 0 amide bonds. The van der Waals surface area contributed by atoms with Crippen LogP contribution in [0.3, 0.4) is 0 Å². The van der Waals surface area contributed by atoms with Crippen molar-refractivity contribution in [2.75, 3.05) is 13.2 Å². The summed E-state index contributed by atoms with van der Waals surface area (Å²) in [6.07, 6.45) is 15.9. The summed E-state index contributed by atoms with van der Waals surface area (Å²) in [6, 6.07) is 5.59. The van der Waals surface area contributed by atoms with E-state index in [4.69, 9.17) is 18.6 Å². The van der Waals surface area contributed by atoms with E-state index >= 15 is 0 Å². The predicted molar refractivity (Wildman–Crippen MR) is 154 cm³/mol. The fourth-order valence-electron chi connectivity index (χ4n) is 4.14. The lowest BCUT2D eigenvalue weighted by Gasteiger charge is -2.16. The summed E-state index contributed by atoms with van der Waals surface area (Å²) < 4.78 is 23.8. The third-order valence-electron chi connectivity index (χ3n) is 6.17. The van der Waals surface area contributed by atoms with Gasteiger partial charge in [-0.05, 0) is 72.1 Å². The van der Waals surface area contributed by atoms with Crippen molar-refractivity contribution in [1.29, 1.82) is 0 Å². The lowest BCUT2D eigenvalue weighted by atomic mass is 10.1. The van der Waals surface area contributed by atoms with E-state index in [0.717, 1.165) is 25.7 Å². The van der Waals surface area contributed by atoms with Gasteiger partial charge in [-0.3, -0.25) is 0 Å².